The Bertz CT molecular complexity index is 1300. The molecular weight excluding hydrogens is 525 g/mol. The van der Waals surface area contributed by atoms with Crippen LogP contribution in [-0.2, 0) is 14.8 Å². The van der Waals surface area contributed by atoms with Crippen LogP contribution in [0, 0.1) is 11.3 Å². The molecule has 2 aromatic carbocycles. The number of hydrogen-bond acceptors (Lipinski definition) is 6. The molecule has 1 atom stereocenters. The third kappa shape index (κ3) is 5.36. The average molecular weight is 550 g/mol. The lowest BCUT2D eigenvalue weighted by Gasteiger charge is -2.32. The van der Waals surface area contributed by atoms with Gasteiger partial charge in [0.25, 0.3) is 11.8 Å². The van der Waals surface area contributed by atoms with Crippen molar-refractivity contribution in [3.63, 3.8) is 0 Å². The molecule has 1 aliphatic heterocycles. The second kappa shape index (κ2) is 10.7. The third-order valence-electron chi connectivity index (χ3n) is 6.50. The molecule has 1 saturated heterocycles. The van der Waals surface area contributed by atoms with Crippen molar-refractivity contribution < 1.29 is 18.0 Å². The Labute approximate surface area is 219 Å². The lowest BCUT2D eigenvalue weighted by atomic mass is 9.92. The van der Waals surface area contributed by atoms with Crippen molar-refractivity contribution in [2.45, 2.75) is 48.8 Å². The van der Waals surface area contributed by atoms with E-state index in [-0.39, 0.29) is 45.7 Å². The van der Waals surface area contributed by atoms with Crippen LogP contribution in [0.15, 0.2) is 47.4 Å². The van der Waals surface area contributed by atoms with E-state index >= 15 is 0 Å². The van der Waals surface area contributed by atoms with Gasteiger partial charge in [-0.3, -0.25) is 9.59 Å². The molecule has 1 heterocycles. The van der Waals surface area contributed by atoms with E-state index in [0.29, 0.717) is 18.4 Å². The van der Waals surface area contributed by atoms with E-state index in [9.17, 15) is 18.0 Å². The summed E-state index contributed by atoms with van der Waals surface area (Å²) in [5, 5.41) is 12.2. The molecule has 12 heteroatoms. The molecule has 2 aliphatic rings. The zero-order chi connectivity index (χ0) is 26.0. The van der Waals surface area contributed by atoms with Crippen LogP contribution in [0.5, 0.6) is 0 Å². The van der Waals surface area contributed by atoms with Crippen LogP contribution in [0.2, 0.25) is 10.0 Å². The molecule has 3 N–H and O–H groups in total. The molecule has 1 unspecified atom stereocenters. The highest BCUT2D eigenvalue weighted by Gasteiger charge is 2.47. The summed E-state index contributed by atoms with van der Waals surface area (Å²) in [6, 6.07) is 11.7. The average Bonchev–Trinajstić information content (AvgIpc) is 3.33. The first-order valence-corrected chi connectivity index (χ1v) is 13.7. The summed E-state index contributed by atoms with van der Waals surface area (Å²) in [7, 11) is -4.21. The number of nitrogens with zero attached hydrogens (tertiary/aromatic N) is 3. The fourth-order valence-corrected chi connectivity index (χ4v) is 6.44. The number of benzene rings is 2. The Hall–Kier alpha value is -2.68. The van der Waals surface area contributed by atoms with Gasteiger partial charge < -0.3 is 16.0 Å². The molecule has 36 heavy (non-hydrogen) atoms. The molecule has 9 nitrogen and oxygen atoms in total. The summed E-state index contributed by atoms with van der Waals surface area (Å²) in [5.41, 5.74) is 6.59. The van der Waals surface area contributed by atoms with Crippen LogP contribution in [0.1, 0.15) is 41.6 Å². The van der Waals surface area contributed by atoms with Crippen molar-refractivity contribution in [2.75, 3.05) is 13.1 Å². The second-order valence-electron chi connectivity index (χ2n) is 8.87. The van der Waals surface area contributed by atoms with Crippen LogP contribution in [-0.4, -0.2) is 60.8 Å². The summed E-state index contributed by atoms with van der Waals surface area (Å²) >= 11 is 12.0. The second-order valence-corrected chi connectivity index (χ2v) is 11.6. The summed E-state index contributed by atoms with van der Waals surface area (Å²) in [6.45, 7) is -0.0781. The Morgan fingerprint density at radius 2 is 1.67 bits per heavy atom. The molecule has 4 rings (SSSR count). The third-order valence-corrected chi connectivity index (χ3v) is 9.09. The first-order chi connectivity index (χ1) is 17.1. The molecule has 2 fully saturated rings. The van der Waals surface area contributed by atoms with E-state index < -0.39 is 28.0 Å². The van der Waals surface area contributed by atoms with Gasteiger partial charge in [-0.25, -0.2) is 8.42 Å². The first-order valence-electron chi connectivity index (χ1n) is 11.5. The molecule has 1 saturated carbocycles. The van der Waals surface area contributed by atoms with Crippen LogP contribution >= 0.6 is 23.2 Å². The summed E-state index contributed by atoms with van der Waals surface area (Å²) in [6.07, 6.45) is 1.43. The van der Waals surface area contributed by atoms with E-state index in [0.717, 1.165) is 17.1 Å². The van der Waals surface area contributed by atoms with E-state index in [2.05, 4.69) is 5.32 Å². The molecule has 0 bridgehead atoms. The highest BCUT2D eigenvalue weighted by atomic mass is 35.5. The summed E-state index contributed by atoms with van der Waals surface area (Å²) in [4.78, 5) is 28.0. The van der Waals surface area contributed by atoms with E-state index in [1.54, 1.807) is 0 Å². The standard InChI is InChI=1S/C24H25Cl2N5O4S/c25-20-10-9-19(13-21(20)26)36(34,35)31-12-11-30(24(33)16-3-1-15(14-27)2-4-16)23(31)22(32)29-18-7-5-17(28)6-8-18/h1-4,9-10,13,17-18,23H,5-8,11-12,28H2,(H,29,32). The quantitative estimate of drug-likeness (QED) is 0.588. The van der Waals surface area contributed by atoms with E-state index in [1.165, 1.54) is 47.4 Å². The maximum absolute atomic E-state index is 13.6. The molecule has 0 radical (unpaired) electrons. The minimum Gasteiger partial charge on any atom is -0.350 e. The van der Waals surface area contributed by atoms with Gasteiger partial charge in [0.05, 0.1) is 26.6 Å². The van der Waals surface area contributed by atoms with Gasteiger partial charge >= 0.3 is 0 Å². The maximum atomic E-state index is 13.6. The topological polar surface area (TPSA) is 137 Å². The van der Waals surface area contributed by atoms with Gasteiger partial charge in [0.2, 0.25) is 10.0 Å². The highest BCUT2D eigenvalue weighted by Crippen LogP contribution is 2.30. The number of hydrogen-bond donors (Lipinski definition) is 2. The number of amides is 2. The molecular formula is C24H25Cl2N5O4S. The van der Waals surface area contributed by atoms with Crippen LogP contribution in [0.25, 0.3) is 0 Å². The predicted octanol–water partition coefficient (Wildman–Crippen LogP) is 2.72. The monoisotopic (exact) mass is 549 g/mol. The van der Waals surface area contributed by atoms with Crippen molar-refractivity contribution in [3.05, 3.63) is 63.6 Å². The Kier molecular flexibility index (Phi) is 7.87. The van der Waals surface area contributed by atoms with E-state index in [1.807, 2.05) is 6.07 Å². The summed E-state index contributed by atoms with van der Waals surface area (Å²) < 4.78 is 28.2. The Balaban J connectivity index is 1.66. The van der Waals surface area contributed by atoms with E-state index in [4.69, 9.17) is 34.2 Å². The fourth-order valence-electron chi connectivity index (χ4n) is 4.51. The van der Waals surface area contributed by atoms with Crippen molar-refractivity contribution >= 4 is 45.0 Å². The highest BCUT2D eigenvalue weighted by molar-refractivity contribution is 7.89. The SMILES string of the molecule is N#Cc1ccc(C(=O)N2CCN(S(=O)(=O)c3ccc(Cl)c(Cl)c3)C2C(=O)NC2CCC(N)CC2)cc1. The van der Waals surface area contributed by atoms with Crippen LogP contribution in [0.4, 0.5) is 0 Å². The van der Waals surface area contributed by atoms with Gasteiger partial charge in [-0.15, -0.1) is 0 Å². The van der Waals surface area contributed by atoms with Crippen LogP contribution in [0.3, 0.4) is 0 Å². The molecule has 190 valence electrons. The number of rotatable bonds is 5. The lowest BCUT2D eigenvalue weighted by Crippen LogP contribution is -2.56. The minimum atomic E-state index is -4.21. The molecule has 1 aliphatic carbocycles. The van der Waals surface area contributed by atoms with Crippen molar-refractivity contribution in [3.8, 4) is 6.07 Å². The molecule has 0 aromatic heterocycles. The van der Waals surface area contributed by atoms with Gasteiger partial charge in [0, 0.05) is 30.7 Å². The summed E-state index contributed by atoms with van der Waals surface area (Å²) in [5.74, 6) is -1.10. The fraction of sp³-hybridized carbons (Fsp3) is 0.375. The molecule has 0 spiro atoms. The van der Waals surface area contributed by atoms with Gasteiger partial charge in [-0.2, -0.15) is 9.57 Å². The first kappa shape index (κ1) is 26.4. The number of carbonyl (C=O) groups is 2. The van der Waals surface area contributed by atoms with Crippen molar-refractivity contribution in [2.24, 2.45) is 5.73 Å². The van der Waals surface area contributed by atoms with Crippen LogP contribution < -0.4 is 11.1 Å². The smallest absolute Gasteiger partial charge is 0.259 e. The molecule has 2 aromatic rings. The number of halogens is 2. The maximum Gasteiger partial charge on any atom is 0.259 e. The van der Waals surface area contributed by atoms with Crippen molar-refractivity contribution in [1.82, 2.24) is 14.5 Å². The Morgan fingerprint density at radius 1 is 1.00 bits per heavy atom. The lowest BCUT2D eigenvalue weighted by molar-refractivity contribution is -0.128. The minimum absolute atomic E-state index is 0.00696. The van der Waals surface area contributed by atoms with Crippen molar-refractivity contribution in [1.29, 1.82) is 5.26 Å². The largest absolute Gasteiger partial charge is 0.350 e. The van der Waals surface area contributed by atoms with Gasteiger partial charge in [0.15, 0.2) is 6.17 Å². The normalized spacial score (nSPS) is 22.7. The predicted molar refractivity (Wildman–Crippen MR) is 135 cm³/mol. The number of nitrogens with one attached hydrogen (secondary N) is 1. The number of sulfonamides is 1. The van der Waals surface area contributed by atoms with Gasteiger partial charge in [-0.05, 0) is 68.1 Å². The molecule has 2 amide bonds. The zero-order valence-corrected chi connectivity index (χ0v) is 21.6. The number of carbonyl (C=O) groups excluding carboxylic acids is 2. The van der Waals surface area contributed by atoms with Gasteiger partial charge in [0.1, 0.15) is 0 Å². The number of nitrogens with two attached hydrogens (primary N) is 1. The Morgan fingerprint density at radius 3 is 2.28 bits per heavy atom. The zero-order valence-electron chi connectivity index (χ0n) is 19.2. The number of nitriles is 1. The van der Waals surface area contributed by atoms with Gasteiger partial charge in [-0.1, -0.05) is 23.2 Å².